The Labute approximate surface area is 164 Å². The van der Waals surface area contributed by atoms with Crippen molar-refractivity contribution in [1.82, 2.24) is 10.3 Å². The van der Waals surface area contributed by atoms with Crippen molar-refractivity contribution >= 4 is 46.4 Å². The van der Waals surface area contributed by atoms with Gasteiger partial charge in [-0.3, -0.25) is 0 Å². The molecule has 0 saturated heterocycles. The minimum absolute atomic E-state index is 0.0717. The molecule has 25 heavy (non-hydrogen) atoms. The van der Waals surface area contributed by atoms with Gasteiger partial charge in [0.15, 0.2) is 5.11 Å². The van der Waals surface area contributed by atoms with E-state index in [0.717, 1.165) is 24.4 Å². The Morgan fingerprint density at radius 2 is 1.88 bits per heavy atom. The van der Waals surface area contributed by atoms with E-state index >= 15 is 0 Å². The molecule has 132 valence electrons. The van der Waals surface area contributed by atoms with Gasteiger partial charge < -0.3 is 10.6 Å². The molecule has 0 spiro atoms. The third-order valence-electron chi connectivity index (χ3n) is 4.80. The van der Waals surface area contributed by atoms with Crippen LogP contribution in [0.5, 0.6) is 0 Å². The highest BCUT2D eigenvalue weighted by molar-refractivity contribution is 7.80. The van der Waals surface area contributed by atoms with Gasteiger partial charge in [0.05, 0.1) is 5.02 Å². The molecule has 1 aromatic carbocycles. The maximum Gasteiger partial charge on any atom is 0.171 e. The summed E-state index contributed by atoms with van der Waals surface area (Å²) in [5.74, 6) is 0.683. The van der Waals surface area contributed by atoms with E-state index in [-0.39, 0.29) is 5.41 Å². The van der Waals surface area contributed by atoms with E-state index in [1.165, 1.54) is 24.8 Å². The van der Waals surface area contributed by atoms with Crippen LogP contribution >= 0.6 is 35.4 Å². The molecule has 2 N–H and O–H groups in total. The van der Waals surface area contributed by atoms with Gasteiger partial charge in [-0.25, -0.2) is 4.98 Å². The number of thiocarbonyl (C=S) groups is 1. The van der Waals surface area contributed by atoms with Crippen LogP contribution in [0.2, 0.25) is 10.0 Å². The molecule has 1 saturated carbocycles. The van der Waals surface area contributed by atoms with Crippen LogP contribution in [0.15, 0.2) is 42.6 Å². The average molecular weight is 394 g/mol. The molecule has 1 heterocycles. The molecule has 2 aromatic rings. The van der Waals surface area contributed by atoms with Crippen LogP contribution in [-0.2, 0) is 5.41 Å². The van der Waals surface area contributed by atoms with Gasteiger partial charge >= 0.3 is 0 Å². The van der Waals surface area contributed by atoms with Gasteiger partial charge in [-0.2, -0.15) is 0 Å². The average Bonchev–Trinajstić information content (AvgIpc) is 2.63. The number of rotatable bonds is 4. The molecule has 1 fully saturated rings. The van der Waals surface area contributed by atoms with Crippen molar-refractivity contribution in [2.75, 3.05) is 11.9 Å². The first-order chi connectivity index (χ1) is 12.1. The zero-order valence-corrected chi connectivity index (χ0v) is 16.2. The van der Waals surface area contributed by atoms with E-state index < -0.39 is 0 Å². The Kier molecular flexibility index (Phi) is 6.15. The van der Waals surface area contributed by atoms with Crippen LogP contribution in [0, 0.1) is 0 Å². The van der Waals surface area contributed by atoms with Crippen molar-refractivity contribution in [3.63, 3.8) is 0 Å². The van der Waals surface area contributed by atoms with Crippen molar-refractivity contribution in [1.29, 1.82) is 0 Å². The lowest BCUT2D eigenvalue weighted by atomic mass is 9.69. The van der Waals surface area contributed by atoms with E-state index in [4.69, 9.17) is 35.4 Å². The van der Waals surface area contributed by atoms with Crippen molar-refractivity contribution in [3.8, 4) is 0 Å². The normalized spacial score (nSPS) is 16.2. The van der Waals surface area contributed by atoms with Crippen LogP contribution in [-0.4, -0.2) is 16.6 Å². The molecule has 0 radical (unpaired) electrons. The number of anilines is 1. The predicted molar refractivity (Wildman–Crippen MR) is 110 cm³/mol. The molecule has 1 aliphatic carbocycles. The van der Waals surface area contributed by atoms with Crippen LogP contribution in [0.1, 0.15) is 37.7 Å². The number of pyridine rings is 1. The highest BCUT2D eigenvalue weighted by Gasteiger charge is 2.34. The van der Waals surface area contributed by atoms with Gasteiger partial charge in [0.25, 0.3) is 0 Å². The summed E-state index contributed by atoms with van der Waals surface area (Å²) in [4.78, 5) is 4.21. The van der Waals surface area contributed by atoms with Gasteiger partial charge in [-0.05, 0) is 54.9 Å². The summed E-state index contributed by atoms with van der Waals surface area (Å²) < 4.78 is 0. The molecular formula is C19H21Cl2N3S. The number of nitrogens with zero attached hydrogens (tertiary/aromatic N) is 1. The number of halogens is 2. The van der Waals surface area contributed by atoms with Gasteiger partial charge in [-0.15, -0.1) is 0 Å². The van der Waals surface area contributed by atoms with E-state index in [2.05, 4.69) is 27.8 Å². The Balaban J connectivity index is 1.68. The molecule has 0 atom stereocenters. The van der Waals surface area contributed by atoms with Crippen LogP contribution in [0.4, 0.5) is 5.82 Å². The summed E-state index contributed by atoms with van der Waals surface area (Å²) >= 11 is 17.5. The SMILES string of the molecule is S=C(NCC1(c2cccc(Cl)c2)CCCCC1)Nc1ccc(Cl)cn1. The molecule has 0 bridgehead atoms. The second-order valence-electron chi connectivity index (χ2n) is 6.52. The quantitative estimate of drug-likeness (QED) is 0.664. The smallest absolute Gasteiger partial charge is 0.171 e. The van der Waals surface area contributed by atoms with E-state index in [1.54, 1.807) is 12.3 Å². The minimum Gasteiger partial charge on any atom is -0.362 e. The van der Waals surface area contributed by atoms with Crippen molar-refractivity contribution < 1.29 is 0 Å². The maximum absolute atomic E-state index is 6.23. The third kappa shape index (κ3) is 4.84. The molecule has 6 heteroatoms. The van der Waals surface area contributed by atoms with E-state index in [9.17, 15) is 0 Å². The molecule has 1 aliphatic rings. The molecule has 0 amide bonds. The van der Waals surface area contributed by atoms with Gasteiger partial charge in [-0.1, -0.05) is 54.6 Å². The first-order valence-corrected chi connectivity index (χ1v) is 9.66. The lowest BCUT2D eigenvalue weighted by Gasteiger charge is -2.38. The fourth-order valence-electron chi connectivity index (χ4n) is 3.47. The van der Waals surface area contributed by atoms with Crippen molar-refractivity contribution in [2.24, 2.45) is 0 Å². The fourth-order valence-corrected chi connectivity index (χ4v) is 3.95. The predicted octanol–water partition coefficient (Wildman–Crippen LogP) is 5.58. The number of benzene rings is 1. The number of nitrogens with one attached hydrogen (secondary N) is 2. The van der Waals surface area contributed by atoms with Crippen LogP contribution in [0.3, 0.4) is 0 Å². The summed E-state index contributed by atoms with van der Waals surface area (Å²) in [5, 5.41) is 8.45. The van der Waals surface area contributed by atoms with Crippen molar-refractivity contribution in [2.45, 2.75) is 37.5 Å². The maximum atomic E-state index is 6.23. The van der Waals surface area contributed by atoms with Crippen LogP contribution in [0.25, 0.3) is 0 Å². The standard InChI is InChI=1S/C19H21Cl2N3S/c20-15-6-4-5-14(11-15)19(9-2-1-3-10-19)13-23-18(25)24-17-8-7-16(21)12-22-17/h4-8,11-12H,1-3,9-10,13H2,(H2,22,23,24,25). The highest BCUT2D eigenvalue weighted by atomic mass is 35.5. The first-order valence-electron chi connectivity index (χ1n) is 8.50. The Bertz CT molecular complexity index is 728. The summed E-state index contributed by atoms with van der Waals surface area (Å²) in [7, 11) is 0. The summed E-state index contributed by atoms with van der Waals surface area (Å²) in [6.07, 6.45) is 7.63. The molecular weight excluding hydrogens is 373 g/mol. The van der Waals surface area contributed by atoms with Gasteiger partial charge in [0, 0.05) is 23.2 Å². The topological polar surface area (TPSA) is 37.0 Å². The largest absolute Gasteiger partial charge is 0.362 e. The van der Waals surface area contributed by atoms with Gasteiger partial charge in [0.2, 0.25) is 0 Å². The second kappa shape index (κ2) is 8.35. The first kappa shape index (κ1) is 18.4. The number of hydrogen-bond donors (Lipinski definition) is 2. The minimum atomic E-state index is 0.0717. The van der Waals surface area contributed by atoms with Crippen molar-refractivity contribution in [3.05, 3.63) is 58.2 Å². The highest BCUT2D eigenvalue weighted by Crippen LogP contribution is 2.39. The summed E-state index contributed by atoms with van der Waals surface area (Å²) in [6.45, 7) is 0.784. The third-order valence-corrected chi connectivity index (χ3v) is 5.51. The van der Waals surface area contributed by atoms with E-state index in [0.29, 0.717) is 16.0 Å². The molecule has 0 aliphatic heterocycles. The number of hydrogen-bond acceptors (Lipinski definition) is 2. The van der Waals surface area contributed by atoms with Gasteiger partial charge in [0.1, 0.15) is 5.82 Å². The summed E-state index contributed by atoms with van der Waals surface area (Å²) in [6, 6.07) is 11.8. The Hall–Kier alpha value is -1.36. The lowest BCUT2D eigenvalue weighted by molar-refractivity contribution is 0.292. The monoisotopic (exact) mass is 393 g/mol. The van der Waals surface area contributed by atoms with Crippen LogP contribution < -0.4 is 10.6 Å². The Morgan fingerprint density at radius 1 is 1.08 bits per heavy atom. The molecule has 3 nitrogen and oxygen atoms in total. The fraction of sp³-hybridized carbons (Fsp3) is 0.368. The zero-order valence-electron chi connectivity index (χ0n) is 13.9. The zero-order chi connectivity index (χ0) is 17.7. The molecule has 1 aromatic heterocycles. The molecule has 3 rings (SSSR count). The van der Waals surface area contributed by atoms with E-state index in [1.807, 2.05) is 18.2 Å². The number of aromatic nitrogens is 1. The Morgan fingerprint density at radius 3 is 2.56 bits per heavy atom. The lowest BCUT2D eigenvalue weighted by Crippen LogP contribution is -2.43. The molecule has 0 unspecified atom stereocenters. The second-order valence-corrected chi connectivity index (χ2v) is 7.80. The summed E-state index contributed by atoms with van der Waals surface area (Å²) in [5.41, 5.74) is 1.36.